The molecule has 0 atom stereocenters. The second-order valence-electron chi connectivity index (χ2n) is 5.76. The van der Waals surface area contributed by atoms with Crippen molar-refractivity contribution in [2.24, 2.45) is 5.73 Å². The summed E-state index contributed by atoms with van der Waals surface area (Å²) in [6, 6.07) is 10.5. The quantitative estimate of drug-likeness (QED) is 0.894. The topological polar surface area (TPSA) is 77.2 Å². The van der Waals surface area contributed by atoms with Crippen LogP contribution in [0.3, 0.4) is 0 Å². The lowest BCUT2D eigenvalue weighted by Gasteiger charge is -2.22. The summed E-state index contributed by atoms with van der Waals surface area (Å²) >= 11 is 5.78. The van der Waals surface area contributed by atoms with E-state index in [2.05, 4.69) is 10.3 Å². The third-order valence-electron chi connectivity index (χ3n) is 3.98. The maximum absolute atomic E-state index is 12.3. The van der Waals surface area contributed by atoms with Crippen LogP contribution in [0, 0.1) is 0 Å². The van der Waals surface area contributed by atoms with Crippen LogP contribution in [0.15, 0.2) is 42.6 Å². The Labute approximate surface area is 139 Å². The molecular formula is C17H18ClN3O2. The predicted octanol–water partition coefficient (Wildman–Crippen LogP) is 3.74. The minimum atomic E-state index is -0.734. The van der Waals surface area contributed by atoms with E-state index in [0.717, 1.165) is 25.7 Å². The number of halogens is 1. The molecule has 5 nitrogen and oxygen atoms in total. The highest BCUT2D eigenvalue weighted by Crippen LogP contribution is 2.29. The van der Waals surface area contributed by atoms with Gasteiger partial charge in [0.15, 0.2) is 0 Å². The first-order valence-electron chi connectivity index (χ1n) is 7.55. The number of hydrogen-bond acceptors (Lipinski definition) is 4. The zero-order valence-electron chi connectivity index (χ0n) is 12.6. The van der Waals surface area contributed by atoms with Gasteiger partial charge in [0.25, 0.3) is 0 Å². The number of carbonyl (C=O) groups is 1. The van der Waals surface area contributed by atoms with Gasteiger partial charge in [0.05, 0.1) is 10.6 Å². The molecule has 3 N–H and O–H groups in total. The Morgan fingerprint density at radius 3 is 2.48 bits per heavy atom. The van der Waals surface area contributed by atoms with Crippen molar-refractivity contribution in [2.75, 3.05) is 5.32 Å². The fraction of sp³-hybridized carbons (Fsp3) is 0.294. The normalized spacial score (nSPS) is 16.1. The van der Waals surface area contributed by atoms with Gasteiger partial charge in [-0.1, -0.05) is 24.4 Å². The lowest BCUT2D eigenvalue weighted by Crippen LogP contribution is -2.48. The molecule has 2 aromatic rings. The predicted molar refractivity (Wildman–Crippen MR) is 89.8 cm³/mol. The number of anilines is 1. The molecule has 1 fully saturated rings. The summed E-state index contributed by atoms with van der Waals surface area (Å²) in [4.78, 5) is 16.3. The summed E-state index contributed by atoms with van der Waals surface area (Å²) in [6.07, 6.45) is 5.01. The van der Waals surface area contributed by atoms with Crippen molar-refractivity contribution in [2.45, 2.75) is 31.2 Å². The van der Waals surface area contributed by atoms with E-state index in [1.165, 1.54) is 6.20 Å². The van der Waals surface area contributed by atoms with Gasteiger partial charge in [0.2, 0.25) is 11.8 Å². The molecular weight excluding hydrogens is 314 g/mol. The summed E-state index contributed by atoms with van der Waals surface area (Å²) in [5.41, 5.74) is 6.10. The van der Waals surface area contributed by atoms with Gasteiger partial charge in [-0.05, 0) is 43.2 Å². The Balaban J connectivity index is 1.62. The fourth-order valence-corrected chi connectivity index (χ4v) is 2.75. The summed E-state index contributed by atoms with van der Waals surface area (Å²) in [6.45, 7) is 0. The Kier molecular flexibility index (Phi) is 4.50. The molecule has 23 heavy (non-hydrogen) atoms. The maximum atomic E-state index is 12.3. The molecule has 6 heteroatoms. The van der Waals surface area contributed by atoms with Crippen molar-refractivity contribution in [1.82, 2.24) is 4.98 Å². The average molecular weight is 332 g/mol. The summed E-state index contributed by atoms with van der Waals surface area (Å²) in [5, 5.41) is 3.42. The van der Waals surface area contributed by atoms with E-state index in [1.54, 1.807) is 36.4 Å². The van der Waals surface area contributed by atoms with Crippen LogP contribution in [0.4, 0.5) is 5.69 Å². The van der Waals surface area contributed by atoms with E-state index in [-0.39, 0.29) is 5.91 Å². The first-order valence-corrected chi connectivity index (χ1v) is 7.93. The molecule has 0 radical (unpaired) electrons. The number of nitrogens with one attached hydrogen (secondary N) is 1. The van der Waals surface area contributed by atoms with Gasteiger partial charge in [-0.15, -0.1) is 0 Å². The molecule has 0 saturated heterocycles. The van der Waals surface area contributed by atoms with Gasteiger partial charge in [-0.2, -0.15) is 0 Å². The number of rotatable bonds is 4. The number of hydrogen-bond donors (Lipinski definition) is 2. The monoisotopic (exact) mass is 331 g/mol. The van der Waals surface area contributed by atoms with Gasteiger partial charge in [-0.3, -0.25) is 4.79 Å². The zero-order chi connectivity index (χ0) is 16.3. The van der Waals surface area contributed by atoms with Crippen LogP contribution in [-0.4, -0.2) is 16.4 Å². The first-order chi connectivity index (χ1) is 11.0. The van der Waals surface area contributed by atoms with Crippen molar-refractivity contribution in [3.05, 3.63) is 47.6 Å². The van der Waals surface area contributed by atoms with E-state index in [9.17, 15) is 4.79 Å². The first kappa shape index (κ1) is 15.8. The lowest BCUT2D eigenvalue weighted by molar-refractivity contribution is -0.121. The molecule has 1 heterocycles. The third-order valence-corrected chi connectivity index (χ3v) is 4.21. The largest absolute Gasteiger partial charge is 0.439 e. The molecule has 0 spiro atoms. The highest BCUT2D eigenvalue weighted by molar-refractivity contribution is 6.30. The number of ether oxygens (including phenoxy) is 1. The highest BCUT2D eigenvalue weighted by atomic mass is 35.5. The van der Waals surface area contributed by atoms with Crippen molar-refractivity contribution in [3.8, 4) is 11.6 Å². The molecule has 0 aliphatic heterocycles. The Bertz CT molecular complexity index is 680. The van der Waals surface area contributed by atoms with Crippen LogP contribution < -0.4 is 15.8 Å². The fourth-order valence-electron chi connectivity index (χ4n) is 2.64. The molecule has 0 bridgehead atoms. The van der Waals surface area contributed by atoms with Gasteiger partial charge in [0.1, 0.15) is 5.75 Å². The van der Waals surface area contributed by atoms with Crippen LogP contribution in [0.25, 0.3) is 0 Å². The second kappa shape index (κ2) is 6.56. The number of aromatic nitrogens is 1. The van der Waals surface area contributed by atoms with E-state index in [0.29, 0.717) is 22.3 Å². The molecule has 1 saturated carbocycles. The molecule has 1 aliphatic rings. The van der Waals surface area contributed by atoms with Crippen molar-refractivity contribution in [1.29, 1.82) is 0 Å². The van der Waals surface area contributed by atoms with Crippen LogP contribution in [0.5, 0.6) is 11.6 Å². The van der Waals surface area contributed by atoms with Crippen LogP contribution in [0.2, 0.25) is 5.02 Å². The standard InChI is InChI=1S/C17H18ClN3O2/c18-12-3-8-15(20-11-12)23-14-6-4-13(5-7-14)21-16(22)17(19)9-1-2-10-17/h3-8,11H,1-2,9-10,19H2,(H,21,22). The molecule has 120 valence electrons. The summed E-state index contributed by atoms with van der Waals surface area (Å²) in [7, 11) is 0. The Hall–Kier alpha value is -2.11. The van der Waals surface area contributed by atoms with E-state index in [1.807, 2.05) is 0 Å². The minimum absolute atomic E-state index is 0.122. The van der Waals surface area contributed by atoms with Crippen molar-refractivity contribution >= 4 is 23.2 Å². The van der Waals surface area contributed by atoms with E-state index < -0.39 is 5.54 Å². The number of pyridine rings is 1. The van der Waals surface area contributed by atoms with Crippen molar-refractivity contribution < 1.29 is 9.53 Å². The average Bonchev–Trinajstić information content (AvgIpc) is 3.00. The highest BCUT2D eigenvalue weighted by Gasteiger charge is 2.36. The van der Waals surface area contributed by atoms with E-state index in [4.69, 9.17) is 22.1 Å². The molecule has 1 aliphatic carbocycles. The lowest BCUT2D eigenvalue weighted by atomic mass is 9.98. The van der Waals surface area contributed by atoms with Gasteiger partial charge >= 0.3 is 0 Å². The number of benzene rings is 1. The van der Waals surface area contributed by atoms with Gasteiger partial charge in [-0.25, -0.2) is 4.98 Å². The Morgan fingerprint density at radius 1 is 1.17 bits per heavy atom. The molecule has 0 unspecified atom stereocenters. The summed E-state index contributed by atoms with van der Waals surface area (Å²) < 4.78 is 5.61. The third kappa shape index (κ3) is 3.81. The van der Waals surface area contributed by atoms with Crippen LogP contribution in [-0.2, 0) is 4.79 Å². The number of amides is 1. The number of nitrogens with two attached hydrogens (primary N) is 1. The molecule has 1 aromatic heterocycles. The van der Waals surface area contributed by atoms with Crippen LogP contribution >= 0.6 is 11.6 Å². The SMILES string of the molecule is NC1(C(=O)Nc2ccc(Oc3ccc(Cl)cn3)cc2)CCCC1. The molecule has 1 amide bonds. The second-order valence-corrected chi connectivity index (χ2v) is 6.19. The smallest absolute Gasteiger partial charge is 0.244 e. The zero-order valence-corrected chi connectivity index (χ0v) is 13.3. The maximum Gasteiger partial charge on any atom is 0.244 e. The van der Waals surface area contributed by atoms with Crippen LogP contribution in [0.1, 0.15) is 25.7 Å². The minimum Gasteiger partial charge on any atom is -0.439 e. The summed E-state index contributed by atoms with van der Waals surface area (Å²) in [5.74, 6) is 0.960. The van der Waals surface area contributed by atoms with E-state index >= 15 is 0 Å². The molecule has 1 aromatic carbocycles. The Morgan fingerprint density at radius 2 is 1.87 bits per heavy atom. The number of carbonyl (C=O) groups excluding carboxylic acids is 1. The van der Waals surface area contributed by atoms with Crippen molar-refractivity contribution in [3.63, 3.8) is 0 Å². The molecule has 3 rings (SSSR count). The number of nitrogens with zero attached hydrogens (tertiary/aromatic N) is 1. The van der Waals surface area contributed by atoms with Gasteiger partial charge in [0, 0.05) is 18.0 Å². The van der Waals surface area contributed by atoms with Gasteiger partial charge < -0.3 is 15.8 Å².